The highest BCUT2D eigenvalue weighted by Crippen LogP contribution is 2.27. The molecule has 2 heterocycles. The second kappa shape index (κ2) is 8.38. The van der Waals surface area contributed by atoms with Crippen molar-refractivity contribution < 1.29 is 14.3 Å². The first kappa shape index (κ1) is 17.8. The number of nitrogens with zero attached hydrogens (tertiary/aromatic N) is 2. The minimum absolute atomic E-state index is 0.00675. The molecule has 3 rings (SSSR count). The fourth-order valence-electron chi connectivity index (χ4n) is 2.92. The van der Waals surface area contributed by atoms with Gasteiger partial charge >= 0.3 is 0 Å². The van der Waals surface area contributed by atoms with E-state index in [-0.39, 0.29) is 5.91 Å². The lowest BCUT2D eigenvalue weighted by molar-refractivity contribution is -0.120. The fraction of sp³-hybridized carbons (Fsp3) is 0.300. The summed E-state index contributed by atoms with van der Waals surface area (Å²) in [5.74, 6) is 1.28. The largest absolute Gasteiger partial charge is 0.493 e. The molecule has 1 N–H and O–H groups in total. The van der Waals surface area contributed by atoms with Gasteiger partial charge in [-0.05, 0) is 42.3 Å². The Labute approximate surface area is 152 Å². The minimum Gasteiger partial charge on any atom is -0.493 e. The maximum atomic E-state index is 12.1. The van der Waals surface area contributed by atoms with Gasteiger partial charge in [0.25, 0.3) is 0 Å². The Morgan fingerprint density at radius 1 is 1.15 bits per heavy atom. The number of carbonyl (C=O) groups excluding carboxylic acids is 1. The first-order chi connectivity index (χ1) is 12.7. The van der Waals surface area contributed by atoms with Crippen LogP contribution >= 0.6 is 0 Å². The van der Waals surface area contributed by atoms with E-state index in [9.17, 15) is 4.79 Å². The molecular formula is C20H23N3O3. The number of pyridine rings is 1. The van der Waals surface area contributed by atoms with Crippen molar-refractivity contribution in [3.05, 3.63) is 54.4 Å². The second-order valence-corrected chi connectivity index (χ2v) is 5.99. The zero-order valence-electron chi connectivity index (χ0n) is 15.1. The molecule has 0 unspecified atom stereocenters. The zero-order valence-corrected chi connectivity index (χ0v) is 15.1. The third kappa shape index (κ3) is 4.14. The SMILES string of the molecule is COc1ccc(CC(=O)NCCCn2ccc3cccnc32)cc1OC. The lowest BCUT2D eigenvalue weighted by Gasteiger charge is -2.10. The maximum absolute atomic E-state index is 12.1. The molecule has 0 spiro atoms. The van der Waals surface area contributed by atoms with Crippen molar-refractivity contribution in [2.45, 2.75) is 19.4 Å². The van der Waals surface area contributed by atoms with Crippen molar-refractivity contribution in [1.82, 2.24) is 14.9 Å². The van der Waals surface area contributed by atoms with Crippen LogP contribution in [0, 0.1) is 0 Å². The molecule has 0 bridgehead atoms. The number of benzene rings is 1. The number of nitrogens with one attached hydrogen (secondary N) is 1. The topological polar surface area (TPSA) is 65.4 Å². The standard InChI is InChI=1S/C20H23N3O3/c1-25-17-7-6-15(13-18(17)26-2)14-19(24)21-10-4-11-23-12-8-16-5-3-9-22-20(16)23/h3,5-9,12-13H,4,10-11,14H2,1-2H3,(H,21,24). The fourth-order valence-corrected chi connectivity index (χ4v) is 2.92. The van der Waals surface area contributed by atoms with Crippen LogP contribution in [0.25, 0.3) is 11.0 Å². The minimum atomic E-state index is -0.00675. The zero-order chi connectivity index (χ0) is 18.4. The van der Waals surface area contributed by atoms with Gasteiger partial charge in [0.15, 0.2) is 11.5 Å². The number of carbonyl (C=O) groups is 1. The van der Waals surface area contributed by atoms with Crippen LogP contribution in [0.1, 0.15) is 12.0 Å². The Morgan fingerprint density at radius 3 is 2.81 bits per heavy atom. The number of ether oxygens (including phenoxy) is 2. The molecule has 0 radical (unpaired) electrons. The van der Waals surface area contributed by atoms with E-state index in [2.05, 4.69) is 20.9 Å². The molecule has 3 aromatic rings. The molecule has 6 heteroatoms. The molecular weight excluding hydrogens is 330 g/mol. The average molecular weight is 353 g/mol. The van der Waals surface area contributed by atoms with E-state index in [1.54, 1.807) is 20.4 Å². The number of methoxy groups -OCH3 is 2. The van der Waals surface area contributed by atoms with Gasteiger partial charge in [0.05, 0.1) is 20.6 Å². The first-order valence-corrected chi connectivity index (χ1v) is 8.58. The normalized spacial score (nSPS) is 10.7. The van der Waals surface area contributed by atoms with Gasteiger partial charge in [-0.2, -0.15) is 0 Å². The lowest BCUT2D eigenvalue weighted by Crippen LogP contribution is -2.26. The Bertz CT molecular complexity index is 889. The lowest BCUT2D eigenvalue weighted by atomic mass is 10.1. The molecule has 26 heavy (non-hydrogen) atoms. The van der Waals surface area contributed by atoms with Gasteiger partial charge in [0.1, 0.15) is 5.65 Å². The van der Waals surface area contributed by atoms with E-state index >= 15 is 0 Å². The number of fused-ring (bicyclic) bond motifs is 1. The monoisotopic (exact) mass is 353 g/mol. The number of hydrogen-bond acceptors (Lipinski definition) is 4. The van der Waals surface area contributed by atoms with E-state index < -0.39 is 0 Å². The van der Waals surface area contributed by atoms with E-state index in [1.165, 1.54) is 0 Å². The summed E-state index contributed by atoms with van der Waals surface area (Å²) in [6, 6.07) is 11.5. The van der Waals surface area contributed by atoms with Gasteiger partial charge in [-0.25, -0.2) is 4.98 Å². The van der Waals surface area contributed by atoms with Gasteiger partial charge in [0.2, 0.25) is 5.91 Å². The van der Waals surface area contributed by atoms with E-state index in [4.69, 9.17) is 9.47 Å². The van der Waals surface area contributed by atoms with Crippen molar-refractivity contribution in [2.75, 3.05) is 20.8 Å². The quantitative estimate of drug-likeness (QED) is 0.633. The molecule has 0 saturated heterocycles. The second-order valence-electron chi connectivity index (χ2n) is 5.99. The van der Waals surface area contributed by atoms with Crippen LogP contribution in [-0.4, -0.2) is 36.2 Å². The third-order valence-corrected chi connectivity index (χ3v) is 4.23. The summed E-state index contributed by atoms with van der Waals surface area (Å²) in [6.45, 7) is 1.44. The highest BCUT2D eigenvalue weighted by molar-refractivity contribution is 5.78. The Morgan fingerprint density at radius 2 is 2.00 bits per heavy atom. The van der Waals surface area contributed by atoms with Crippen LogP contribution in [0.2, 0.25) is 0 Å². The predicted molar refractivity (Wildman–Crippen MR) is 101 cm³/mol. The van der Waals surface area contributed by atoms with E-state index in [1.807, 2.05) is 36.5 Å². The van der Waals surface area contributed by atoms with Gasteiger partial charge in [0, 0.05) is 30.9 Å². The number of hydrogen-bond donors (Lipinski definition) is 1. The molecule has 0 aliphatic carbocycles. The van der Waals surface area contributed by atoms with E-state index in [0.717, 1.165) is 29.6 Å². The molecule has 0 aliphatic rings. The van der Waals surface area contributed by atoms with Crippen LogP contribution in [-0.2, 0) is 17.8 Å². The Kier molecular flexibility index (Phi) is 5.73. The number of amides is 1. The van der Waals surface area contributed by atoms with Crippen LogP contribution in [0.5, 0.6) is 11.5 Å². The Hall–Kier alpha value is -3.02. The van der Waals surface area contributed by atoms with Crippen LogP contribution < -0.4 is 14.8 Å². The highest BCUT2D eigenvalue weighted by Gasteiger charge is 2.08. The molecule has 1 aromatic carbocycles. The van der Waals surface area contributed by atoms with Crippen molar-refractivity contribution >= 4 is 16.9 Å². The Balaban J connectivity index is 1.47. The molecule has 0 fully saturated rings. The molecule has 1 amide bonds. The first-order valence-electron chi connectivity index (χ1n) is 8.58. The molecule has 2 aromatic heterocycles. The molecule has 0 aliphatic heterocycles. The summed E-state index contributed by atoms with van der Waals surface area (Å²) in [4.78, 5) is 16.5. The predicted octanol–water partition coefficient (Wildman–Crippen LogP) is 2.80. The van der Waals surface area contributed by atoms with Gasteiger partial charge in [-0.1, -0.05) is 6.07 Å². The highest BCUT2D eigenvalue weighted by atomic mass is 16.5. The summed E-state index contributed by atoms with van der Waals surface area (Å²) >= 11 is 0. The van der Waals surface area contributed by atoms with Crippen molar-refractivity contribution in [3.63, 3.8) is 0 Å². The summed E-state index contributed by atoms with van der Waals surface area (Å²) in [7, 11) is 3.18. The average Bonchev–Trinajstić information content (AvgIpc) is 3.08. The van der Waals surface area contributed by atoms with Gasteiger partial charge in [-0.3, -0.25) is 4.79 Å². The summed E-state index contributed by atoms with van der Waals surface area (Å²) in [5.41, 5.74) is 1.87. The third-order valence-electron chi connectivity index (χ3n) is 4.23. The van der Waals surface area contributed by atoms with Crippen LogP contribution in [0.4, 0.5) is 0 Å². The van der Waals surface area contributed by atoms with Gasteiger partial charge in [-0.15, -0.1) is 0 Å². The smallest absolute Gasteiger partial charge is 0.224 e. The molecule has 0 atom stereocenters. The van der Waals surface area contributed by atoms with Crippen LogP contribution in [0.15, 0.2) is 48.8 Å². The molecule has 0 saturated carbocycles. The van der Waals surface area contributed by atoms with Crippen molar-refractivity contribution in [3.8, 4) is 11.5 Å². The number of rotatable bonds is 8. The van der Waals surface area contributed by atoms with Crippen molar-refractivity contribution in [2.24, 2.45) is 0 Å². The maximum Gasteiger partial charge on any atom is 0.224 e. The summed E-state index contributed by atoms with van der Waals surface area (Å²) in [6.07, 6.45) is 4.99. The molecule has 136 valence electrons. The number of aryl methyl sites for hydroxylation is 1. The molecule has 6 nitrogen and oxygen atoms in total. The summed E-state index contributed by atoms with van der Waals surface area (Å²) < 4.78 is 12.6. The van der Waals surface area contributed by atoms with E-state index in [0.29, 0.717) is 24.5 Å². The van der Waals surface area contributed by atoms with Gasteiger partial charge < -0.3 is 19.4 Å². The number of aromatic nitrogens is 2. The van der Waals surface area contributed by atoms with Crippen molar-refractivity contribution in [1.29, 1.82) is 0 Å². The van der Waals surface area contributed by atoms with Crippen LogP contribution in [0.3, 0.4) is 0 Å². The summed E-state index contributed by atoms with van der Waals surface area (Å²) in [5, 5.41) is 4.09.